The topological polar surface area (TPSA) is 49.4 Å². The van der Waals surface area contributed by atoms with E-state index in [2.05, 4.69) is 34.5 Å². The number of fused-ring (bicyclic) bond motifs is 1. The third-order valence-electron chi connectivity index (χ3n) is 4.44. The number of sulfone groups is 1. The van der Waals surface area contributed by atoms with Gasteiger partial charge >= 0.3 is 0 Å². The summed E-state index contributed by atoms with van der Waals surface area (Å²) in [7, 11) is -2.87. The van der Waals surface area contributed by atoms with Gasteiger partial charge in [0, 0.05) is 37.6 Å². The molecule has 5 heteroatoms. The van der Waals surface area contributed by atoms with E-state index in [0.717, 1.165) is 25.6 Å². The summed E-state index contributed by atoms with van der Waals surface area (Å²) in [5, 5.41) is 3.68. The van der Waals surface area contributed by atoms with Crippen molar-refractivity contribution in [2.45, 2.75) is 31.8 Å². The SMILES string of the molecule is CS(=O)(=O)CCCN1CC(C2CC2)NCc2ccccc21. The summed E-state index contributed by atoms with van der Waals surface area (Å²) in [5.74, 6) is 1.07. The van der Waals surface area contributed by atoms with E-state index in [4.69, 9.17) is 0 Å². The molecule has 1 aromatic carbocycles. The van der Waals surface area contributed by atoms with Crippen LogP contribution in [0.4, 0.5) is 5.69 Å². The van der Waals surface area contributed by atoms with Crippen LogP contribution in [-0.2, 0) is 16.4 Å². The van der Waals surface area contributed by atoms with E-state index in [1.165, 1.54) is 30.3 Å². The molecule has 1 heterocycles. The number of hydrogen-bond acceptors (Lipinski definition) is 4. The van der Waals surface area contributed by atoms with E-state index < -0.39 is 9.84 Å². The second-order valence-corrected chi connectivity index (χ2v) is 8.64. The van der Waals surface area contributed by atoms with Crippen LogP contribution in [0.3, 0.4) is 0 Å². The van der Waals surface area contributed by atoms with Crippen LogP contribution in [0.2, 0.25) is 0 Å². The van der Waals surface area contributed by atoms with Crippen molar-refractivity contribution < 1.29 is 8.42 Å². The van der Waals surface area contributed by atoms with Crippen molar-refractivity contribution in [2.24, 2.45) is 5.92 Å². The molecule has 0 spiro atoms. The lowest BCUT2D eigenvalue weighted by atomic mass is 10.1. The van der Waals surface area contributed by atoms with Crippen molar-refractivity contribution in [3.63, 3.8) is 0 Å². The average Bonchev–Trinajstić information content (AvgIpc) is 3.24. The maximum Gasteiger partial charge on any atom is 0.147 e. The highest BCUT2D eigenvalue weighted by atomic mass is 32.2. The third-order valence-corrected chi connectivity index (χ3v) is 5.47. The van der Waals surface area contributed by atoms with Crippen molar-refractivity contribution in [3.05, 3.63) is 29.8 Å². The highest BCUT2D eigenvalue weighted by molar-refractivity contribution is 7.90. The van der Waals surface area contributed by atoms with Gasteiger partial charge in [0.1, 0.15) is 9.84 Å². The van der Waals surface area contributed by atoms with Crippen LogP contribution in [0.1, 0.15) is 24.8 Å². The first kappa shape index (κ1) is 14.9. The van der Waals surface area contributed by atoms with Crippen LogP contribution in [0.25, 0.3) is 0 Å². The van der Waals surface area contributed by atoms with Crippen molar-refractivity contribution in [1.29, 1.82) is 0 Å². The van der Waals surface area contributed by atoms with Gasteiger partial charge in [-0.1, -0.05) is 18.2 Å². The lowest BCUT2D eigenvalue weighted by Crippen LogP contribution is -2.40. The Morgan fingerprint density at radius 1 is 1.29 bits per heavy atom. The molecule has 21 heavy (non-hydrogen) atoms. The van der Waals surface area contributed by atoms with Crippen molar-refractivity contribution in [3.8, 4) is 0 Å². The second kappa shape index (κ2) is 5.97. The number of hydrogen-bond donors (Lipinski definition) is 1. The van der Waals surface area contributed by atoms with Gasteiger partial charge in [0.25, 0.3) is 0 Å². The lowest BCUT2D eigenvalue weighted by Gasteiger charge is -2.27. The average molecular weight is 308 g/mol. The number of benzene rings is 1. The number of nitrogens with zero attached hydrogens (tertiary/aromatic N) is 1. The Hall–Kier alpha value is -1.07. The maximum absolute atomic E-state index is 11.3. The fourth-order valence-corrected chi connectivity index (χ4v) is 3.81. The normalized spacial score (nSPS) is 22.7. The molecule has 0 bridgehead atoms. The van der Waals surface area contributed by atoms with Crippen LogP contribution >= 0.6 is 0 Å². The van der Waals surface area contributed by atoms with Crippen LogP contribution in [0.15, 0.2) is 24.3 Å². The van der Waals surface area contributed by atoms with Gasteiger partial charge in [0.05, 0.1) is 5.75 Å². The van der Waals surface area contributed by atoms with E-state index in [1.54, 1.807) is 0 Å². The van der Waals surface area contributed by atoms with Gasteiger partial charge < -0.3 is 10.2 Å². The van der Waals surface area contributed by atoms with Crippen molar-refractivity contribution in [1.82, 2.24) is 5.32 Å². The summed E-state index contributed by atoms with van der Waals surface area (Å²) in [6.07, 6.45) is 4.67. The van der Waals surface area contributed by atoms with Gasteiger partial charge in [-0.15, -0.1) is 0 Å². The highest BCUT2D eigenvalue weighted by Crippen LogP contribution is 2.35. The minimum Gasteiger partial charge on any atom is -0.370 e. The largest absolute Gasteiger partial charge is 0.370 e. The maximum atomic E-state index is 11.3. The van der Waals surface area contributed by atoms with Crippen LogP contribution in [0.5, 0.6) is 0 Å². The summed E-state index contributed by atoms with van der Waals surface area (Å²) in [6, 6.07) is 9.01. The Kier molecular flexibility index (Phi) is 4.22. The molecule has 0 amide bonds. The van der Waals surface area contributed by atoms with E-state index in [9.17, 15) is 8.42 Å². The number of para-hydroxylation sites is 1. The molecule has 1 atom stereocenters. The molecule has 1 aliphatic carbocycles. The smallest absolute Gasteiger partial charge is 0.147 e. The molecule has 1 unspecified atom stereocenters. The summed E-state index contributed by atoms with van der Waals surface area (Å²) >= 11 is 0. The van der Waals surface area contributed by atoms with E-state index in [-0.39, 0.29) is 5.75 Å². The fraction of sp³-hybridized carbons (Fsp3) is 0.625. The molecule has 1 N–H and O–H groups in total. The van der Waals surface area contributed by atoms with Crippen LogP contribution in [-0.4, -0.2) is 39.6 Å². The van der Waals surface area contributed by atoms with Gasteiger partial charge in [-0.3, -0.25) is 0 Å². The third kappa shape index (κ3) is 3.98. The number of rotatable bonds is 5. The Bertz CT molecular complexity index is 596. The zero-order valence-corrected chi connectivity index (χ0v) is 13.4. The number of nitrogens with one attached hydrogen (secondary N) is 1. The molecule has 2 aliphatic rings. The van der Waals surface area contributed by atoms with Gasteiger partial charge in [0.2, 0.25) is 0 Å². The first-order chi connectivity index (χ1) is 10.0. The molecule has 0 radical (unpaired) electrons. The Morgan fingerprint density at radius 3 is 2.76 bits per heavy atom. The van der Waals surface area contributed by atoms with Crippen molar-refractivity contribution >= 4 is 15.5 Å². The molecular formula is C16H24N2O2S. The predicted molar refractivity (Wildman–Crippen MR) is 86.3 cm³/mol. The van der Waals surface area contributed by atoms with E-state index in [1.807, 2.05) is 0 Å². The van der Waals surface area contributed by atoms with Crippen LogP contribution in [0, 0.1) is 5.92 Å². The standard InChI is InChI=1S/C16H24N2O2S/c1-21(19,20)10-4-9-18-12-15(13-7-8-13)17-11-14-5-2-3-6-16(14)18/h2-3,5-6,13,15,17H,4,7-12H2,1H3. The monoisotopic (exact) mass is 308 g/mol. The first-order valence-corrected chi connectivity index (χ1v) is 9.83. The minimum atomic E-state index is -2.87. The summed E-state index contributed by atoms with van der Waals surface area (Å²) in [6.45, 7) is 2.72. The molecule has 4 nitrogen and oxygen atoms in total. The molecule has 1 aromatic rings. The molecule has 3 rings (SSSR count). The summed E-state index contributed by atoms with van der Waals surface area (Å²) < 4.78 is 22.7. The minimum absolute atomic E-state index is 0.271. The van der Waals surface area contributed by atoms with Gasteiger partial charge in [-0.25, -0.2) is 8.42 Å². The Balaban J connectivity index is 1.73. The fourth-order valence-electron chi connectivity index (χ4n) is 3.15. The quantitative estimate of drug-likeness (QED) is 0.901. The lowest BCUT2D eigenvalue weighted by molar-refractivity contribution is 0.467. The van der Waals surface area contributed by atoms with E-state index in [0.29, 0.717) is 12.5 Å². The Morgan fingerprint density at radius 2 is 2.05 bits per heavy atom. The summed E-state index contributed by atoms with van der Waals surface area (Å²) in [5.41, 5.74) is 2.58. The first-order valence-electron chi connectivity index (χ1n) is 7.77. The molecule has 1 aliphatic heterocycles. The molecule has 0 saturated heterocycles. The van der Waals surface area contributed by atoms with Gasteiger partial charge in [0.15, 0.2) is 0 Å². The van der Waals surface area contributed by atoms with Gasteiger partial charge in [-0.2, -0.15) is 0 Å². The van der Waals surface area contributed by atoms with Crippen molar-refractivity contribution in [2.75, 3.05) is 30.0 Å². The molecule has 1 fully saturated rings. The van der Waals surface area contributed by atoms with Crippen LogP contribution < -0.4 is 10.2 Å². The molecule has 1 saturated carbocycles. The van der Waals surface area contributed by atoms with Gasteiger partial charge in [-0.05, 0) is 36.8 Å². The molecular weight excluding hydrogens is 284 g/mol. The predicted octanol–water partition coefficient (Wildman–Crippen LogP) is 1.81. The second-order valence-electron chi connectivity index (χ2n) is 6.38. The number of anilines is 1. The summed E-state index contributed by atoms with van der Waals surface area (Å²) in [4.78, 5) is 2.38. The Labute approximate surface area is 127 Å². The molecule has 116 valence electrons. The molecule has 0 aromatic heterocycles. The van der Waals surface area contributed by atoms with E-state index >= 15 is 0 Å². The highest BCUT2D eigenvalue weighted by Gasteiger charge is 2.34. The zero-order chi connectivity index (χ0) is 14.9. The zero-order valence-electron chi connectivity index (χ0n) is 12.6.